The van der Waals surface area contributed by atoms with Gasteiger partial charge in [-0.3, -0.25) is 9.59 Å². The number of carboxylic acid groups (broad SMARTS) is 1. The zero-order valence-electron chi connectivity index (χ0n) is 14.6. The highest BCUT2D eigenvalue weighted by Crippen LogP contribution is 2.24. The van der Waals surface area contributed by atoms with Crippen molar-refractivity contribution in [3.8, 4) is 0 Å². The van der Waals surface area contributed by atoms with E-state index in [1.165, 1.54) is 5.56 Å². The highest BCUT2D eigenvalue weighted by molar-refractivity contribution is 5.91. The molecule has 3 N–H and O–H groups in total. The first-order valence-corrected chi connectivity index (χ1v) is 8.55. The molecule has 1 heterocycles. The summed E-state index contributed by atoms with van der Waals surface area (Å²) in [4.78, 5) is 26.9. The second-order valence-corrected chi connectivity index (χ2v) is 6.29. The first kappa shape index (κ1) is 18.0. The first-order chi connectivity index (χ1) is 11.4. The summed E-state index contributed by atoms with van der Waals surface area (Å²) >= 11 is 0. The van der Waals surface area contributed by atoms with Gasteiger partial charge in [0.25, 0.3) is 0 Å². The molecule has 0 unspecified atom stereocenters. The molecule has 1 aromatic carbocycles. The van der Waals surface area contributed by atoms with Crippen LogP contribution in [0.3, 0.4) is 0 Å². The van der Waals surface area contributed by atoms with Crippen LogP contribution >= 0.6 is 0 Å². The van der Waals surface area contributed by atoms with E-state index < -0.39 is 11.5 Å². The summed E-state index contributed by atoms with van der Waals surface area (Å²) in [7, 11) is 0. The molecule has 0 aliphatic heterocycles. The number of fused-ring (bicyclic) bond motifs is 1. The van der Waals surface area contributed by atoms with Crippen LogP contribution in [0.15, 0.2) is 24.4 Å². The number of hydrogen-bond acceptors (Lipinski definition) is 2. The van der Waals surface area contributed by atoms with Crippen molar-refractivity contribution in [3.05, 3.63) is 35.5 Å². The molecule has 0 saturated carbocycles. The Morgan fingerprint density at radius 3 is 2.46 bits per heavy atom. The molecule has 0 bridgehead atoms. The number of hydrogen-bond donors (Lipinski definition) is 3. The Hall–Kier alpha value is -2.30. The van der Waals surface area contributed by atoms with Gasteiger partial charge in [-0.1, -0.05) is 39.0 Å². The maximum atomic E-state index is 12.5. The number of carbonyl (C=O) groups is 2. The molecule has 5 nitrogen and oxygen atoms in total. The van der Waals surface area contributed by atoms with Crippen molar-refractivity contribution in [2.75, 3.05) is 0 Å². The van der Waals surface area contributed by atoms with Crippen molar-refractivity contribution in [2.24, 2.45) is 0 Å². The number of amides is 1. The molecule has 130 valence electrons. The van der Waals surface area contributed by atoms with E-state index in [-0.39, 0.29) is 18.7 Å². The van der Waals surface area contributed by atoms with Gasteiger partial charge in [-0.15, -0.1) is 0 Å². The molecule has 0 aliphatic rings. The molecule has 0 fully saturated rings. The summed E-state index contributed by atoms with van der Waals surface area (Å²) in [5, 5.41) is 13.1. The van der Waals surface area contributed by atoms with E-state index in [1.807, 2.05) is 32.2 Å². The molecule has 1 amide bonds. The summed E-state index contributed by atoms with van der Waals surface area (Å²) < 4.78 is 0. The minimum absolute atomic E-state index is 0.0559. The van der Waals surface area contributed by atoms with Gasteiger partial charge in [0, 0.05) is 22.6 Å². The third kappa shape index (κ3) is 3.78. The number of carboxylic acids is 1. The Balaban J connectivity index is 2.19. The zero-order chi connectivity index (χ0) is 17.7. The third-order valence-corrected chi connectivity index (χ3v) is 4.87. The SMILES string of the molecule is CCc1cccc2c(CC(=O)NC(CC)(CC)CC(=O)O)c[nH]c12. The predicted molar refractivity (Wildman–Crippen MR) is 95.1 cm³/mol. The number of nitrogens with one attached hydrogen (secondary N) is 2. The fourth-order valence-corrected chi connectivity index (χ4v) is 3.24. The molecule has 0 aliphatic carbocycles. The number of aryl methyl sites for hydroxylation is 1. The van der Waals surface area contributed by atoms with Gasteiger partial charge >= 0.3 is 5.97 Å². The maximum absolute atomic E-state index is 12.5. The number of carbonyl (C=O) groups excluding carboxylic acids is 1. The zero-order valence-corrected chi connectivity index (χ0v) is 14.6. The summed E-state index contributed by atoms with van der Waals surface area (Å²) in [6.07, 6.45) is 4.18. The number of aliphatic carboxylic acids is 1. The molecule has 5 heteroatoms. The van der Waals surface area contributed by atoms with Crippen LogP contribution in [0.4, 0.5) is 0 Å². The molecule has 0 atom stereocenters. The standard InChI is InChI=1S/C19H26N2O3/c1-4-13-8-7-9-15-14(12-20-18(13)15)10-16(22)21-19(5-2,6-3)11-17(23)24/h7-9,12,20H,4-6,10-11H2,1-3H3,(H,21,22)(H,23,24). The van der Waals surface area contributed by atoms with E-state index in [0.717, 1.165) is 22.9 Å². The lowest BCUT2D eigenvalue weighted by Crippen LogP contribution is -2.49. The number of aromatic nitrogens is 1. The van der Waals surface area contributed by atoms with Gasteiger partial charge in [-0.25, -0.2) is 0 Å². The molecule has 2 rings (SSSR count). The van der Waals surface area contributed by atoms with Crippen LogP contribution in [0.5, 0.6) is 0 Å². The number of para-hydroxylation sites is 1. The van der Waals surface area contributed by atoms with Crippen LogP contribution < -0.4 is 5.32 Å². The highest BCUT2D eigenvalue weighted by atomic mass is 16.4. The number of H-pyrrole nitrogens is 1. The lowest BCUT2D eigenvalue weighted by molar-refractivity contribution is -0.139. The second kappa shape index (κ2) is 7.51. The largest absolute Gasteiger partial charge is 0.481 e. The van der Waals surface area contributed by atoms with E-state index >= 15 is 0 Å². The molecule has 2 aromatic rings. The average Bonchev–Trinajstić information content (AvgIpc) is 2.96. The van der Waals surface area contributed by atoms with Crippen LogP contribution in [0.1, 0.15) is 51.2 Å². The van der Waals surface area contributed by atoms with Crippen LogP contribution in [0.2, 0.25) is 0 Å². The van der Waals surface area contributed by atoms with E-state index in [0.29, 0.717) is 12.8 Å². The minimum Gasteiger partial charge on any atom is -0.481 e. The Morgan fingerprint density at radius 2 is 1.88 bits per heavy atom. The van der Waals surface area contributed by atoms with E-state index in [4.69, 9.17) is 5.11 Å². The first-order valence-electron chi connectivity index (χ1n) is 8.55. The Kier molecular flexibility index (Phi) is 5.65. The third-order valence-electron chi connectivity index (χ3n) is 4.87. The Bertz CT molecular complexity index is 729. The topological polar surface area (TPSA) is 82.2 Å². The molecular formula is C19H26N2O3. The number of benzene rings is 1. The van der Waals surface area contributed by atoms with Crippen LogP contribution in [0.25, 0.3) is 10.9 Å². The lowest BCUT2D eigenvalue weighted by atomic mass is 9.88. The summed E-state index contributed by atoms with van der Waals surface area (Å²) in [6, 6.07) is 6.09. The van der Waals surface area contributed by atoms with Gasteiger partial charge < -0.3 is 15.4 Å². The number of rotatable bonds is 8. The molecule has 0 saturated heterocycles. The minimum atomic E-state index is -0.890. The average molecular weight is 330 g/mol. The summed E-state index contributed by atoms with van der Waals surface area (Å²) in [6.45, 7) is 5.92. The maximum Gasteiger partial charge on any atom is 0.305 e. The smallest absolute Gasteiger partial charge is 0.305 e. The Labute approximate surface area is 142 Å². The van der Waals surface area contributed by atoms with Crippen molar-refractivity contribution in [3.63, 3.8) is 0 Å². The molecule has 24 heavy (non-hydrogen) atoms. The highest BCUT2D eigenvalue weighted by Gasteiger charge is 2.31. The van der Waals surface area contributed by atoms with Crippen molar-refractivity contribution >= 4 is 22.8 Å². The summed E-state index contributed by atoms with van der Waals surface area (Å²) in [5.41, 5.74) is 2.56. The van der Waals surface area contributed by atoms with E-state index in [1.54, 1.807) is 0 Å². The fourth-order valence-electron chi connectivity index (χ4n) is 3.24. The predicted octanol–water partition coefficient (Wildman–Crippen LogP) is 3.42. The molecule has 0 spiro atoms. The van der Waals surface area contributed by atoms with E-state index in [2.05, 4.69) is 23.3 Å². The Morgan fingerprint density at radius 1 is 1.17 bits per heavy atom. The van der Waals surface area contributed by atoms with Crippen LogP contribution in [-0.4, -0.2) is 27.5 Å². The van der Waals surface area contributed by atoms with Gasteiger partial charge in [0.05, 0.1) is 12.8 Å². The second-order valence-electron chi connectivity index (χ2n) is 6.29. The summed E-state index contributed by atoms with van der Waals surface area (Å²) in [5.74, 6) is -1.03. The van der Waals surface area contributed by atoms with Gasteiger partial charge in [0.2, 0.25) is 5.91 Å². The van der Waals surface area contributed by atoms with Gasteiger partial charge in [-0.05, 0) is 30.4 Å². The van der Waals surface area contributed by atoms with Gasteiger partial charge in [0.15, 0.2) is 0 Å². The van der Waals surface area contributed by atoms with Crippen molar-refractivity contribution in [2.45, 2.75) is 58.4 Å². The molecule has 0 radical (unpaired) electrons. The van der Waals surface area contributed by atoms with Gasteiger partial charge in [0.1, 0.15) is 0 Å². The van der Waals surface area contributed by atoms with Gasteiger partial charge in [-0.2, -0.15) is 0 Å². The van der Waals surface area contributed by atoms with Crippen molar-refractivity contribution < 1.29 is 14.7 Å². The molecular weight excluding hydrogens is 304 g/mol. The van der Waals surface area contributed by atoms with Crippen molar-refractivity contribution in [1.29, 1.82) is 0 Å². The number of aromatic amines is 1. The van der Waals surface area contributed by atoms with Crippen LogP contribution in [0, 0.1) is 0 Å². The molecule has 1 aromatic heterocycles. The lowest BCUT2D eigenvalue weighted by Gasteiger charge is -2.31. The van der Waals surface area contributed by atoms with E-state index in [9.17, 15) is 9.59 Å². The monoisotopic (exact) mass is 330 g/mol. The van der Waals surface area contributed by atoms with Crippen LogP contribution in [-0.2, 0) is 22.4 Å². The normalized spacial score (nSPS) is 11.6. The van der Waals surface area contributed by atoms with Crippen molar-refractivity contribution in [1.82, 2.24) is 10.3 Å². The quantitative estimate of drug-likeness (QED) is 0.693. The fraction of sp³-hybridized carbons (Fsp3) is 0.474.